The van der Waals surface area contributed by atoms with Crippen LogP contribution in [0, 0.1) is 5.82 Å². The Balaban J connectivity index is 2.87. The molecule has 1 aromatic carbocycles. The largest absolute Gasteiger partial charge is 0.305 e. The monoisotopic (exact) mass is 338 g/mol. The topological polar surface area (TPSA) is 49.4 Å². The predicted molar refractivity (Wildman–Crippen MR) is 72.4 cm³/mol. The molecular weight excluding hydrogens is 323 g/mol. The maximum atomic E-state index is 13.6. The number of nitrogens with one attached hydrogen (secondary N) is 1. The third kappa shape index (κ3) is 4.01. The van der Waals surface area contributed by atoms with Gasteiger partial charge in [0.05, 0.1) is 0 Å². The number of benzene rings is 1. The number of sulfonamides is 1. The number of hydrogen-bond acceptors (Lipinski definition) is 3. The molecular formula is C11H16BrFN2O2S. The van der Waals surface area contributed by atoms with Gasteiger partial charge < -0.3 is 4.90 Å². The summed E-state index contributed by atoms with van der Waals surface area (Å²) in [5.41, 5.74) is 0. The zero-order valence-corrected chi connectivity index (χ0v) is 12.8. The van der Waals surface area contributed by atoms with Gasteiger partial charge in [0, 0.05) is 17.1 Å². The van der Waals surface area contributed by atoms with Crippen LogP contribution in [0.5, 0.6) is 0 Å². The molecule has 0 saturated carbocycles. The Morgan fingerprint density at radius 3 is 2.56 bits per heavy atom. The van der Waals surface area contributed by atoms with Gasteiger partial charge in [-0.15, -0.1) is 0 Å². The van der Waals surface area contributed by atoms with E-state index in [4.69, 9.17) is 0 Å². The third-order valence-corrected chi connectivity index (χ3v) is 4.58. The first-order chi connectivity index (χ1) is 8.24. The molecule has 0 bridgehead atoms. The lowest BCUT2D eigenvalue weighted by Crippen LogP contribution is -2.38. The fraction of sp³-hybridized carbons (Fsp3) is 0.455. The zero-order valence-electron chi connectivity index (χ0n) is 10.4. The lowest BCUT2D eigenvalue weighted by atomic mass is 10.3. The van der Waals surface area contributed by atoms with E-state index < -0.39 is 15.8 Å². The molecule has 1 rings (SSSR count). The molecule has 0 fully saturated rings. The first-order valence-corrected chi connectivity index (χ1v) is 7.63. The molecule has 0 aliphatic carbocycles. The smallest absolute Gasteiger partial charge is 0.243 e. The van der Waals surface area contributed by atoms with Crippen LogP contribution in [0.25, 0.3) is 0 Å². The molecule has 7 heteroatoms. The minimum atomic E-state index is -3.81. The minimum Gasteiger partial charge on any atom is -0.305 e. The normalized spacial score (nSPS) is 13.9. The molecule has 0 aliphatic rings. The van der Waals surface area contributed by atoms with E-state index in [-0.39, 0.29) is 17.5 Å². The van der Waals surface area contributed by atoms with Crippen molar-refractivity contribution in [3.8, 4) is 0 Å². The van der Waals surface area contributed by atoms with Gasteiger partial charge in [0.2, 0.25) is 10.0 Å². The van der Waals surface area contributed by atoms with Crippen molar-refractivity contribution in [1.82, 2.24) is 9.62 Å². The molecule has 1 aromatic rings. The summed E-state index contributed by atoms with van der Waals surface area (Å²) in [6.07, 6.45) is 0. The fourth-order valence-corrected chi connectivity index (χ4v) is 2.70. The van der Waals surface area contributed by atoms with Gasteiger partial charge in [-0.3, -0.25) is 0 Å². The average Bonchev–Trinajstić information content (AvgIpc) is 2.25. The number of hydrogen-bond donors (Lipinski definition) is 1. The van der Waals surface area contributed by atoms with Gasteiger partial charge in [0.1, 0.15) is 10.7 Å². The Morgan fingerprint density at radius 2 is 2.06 bits per heavy atom. The van der Waals surface area contributed by atoms with Gasteiger partial charge >= 0.3 is 0 Å². The molecule has 18 heavy (non-hydrogen) atoms. The van der Waals surface area contributed by atoms with E-state index in [9.17, 15) is 12.8 Å². The van der Waals surface area contributed by atoms with Gasteiger partial charge in [-0.05, 0) is 39.2 Å². The third-order valence-electron chi connectivity index (χ3n) is 2.63. The fourth-order valence-electron chi connectivity index (χ4n) is 1.18. The maximum Gasteiger partial charge on any atom is 0.243 e. The summed E-state index contributed by atoms with van der Waals surface area (Å²) >= 11 is 3.08. The second-order valence-electron chi connectivity index (χ2n) is 4.24. The van der Waals surface area contributed by atoms with Crippen LogP contribution in [0.2, 0.25) is 0 Å². The van der Waals surface area contributed by atoms with Crippen molar-refractivity contribution in [2.24, 2.45) is 0 Å². The van der Waals surface area contributed by atoms with E-state index in [0.717, 1.165) is 6.07 Å². The van der Waals surface area contributed by atoms with Gasteiger partial charge in [-0.1, -0.05) is 15.9 Å². The molecule has 102 valence electrons. The predicted octanol–water partition coefficient (Wildman–Crippen LogP) is 1.82. The van der Waals surface area contributed by atoms with Crippen molar-refractivity contribution in [2.45, 2.75) is 17.9 Å². The lowest BCUT2D eigenvalue weighted by molar-refractivity contribution is 0.313. The van der Waals surface area contributed by atoms with Crippen LogP contribution in [0.15, 0.2) is 27.6 Å². The van der Waals surface area contributed by atoms with E-state index in [1.165, 1.54) is 12.1 Å². The molecule has 0 heterocycles. The molecule has 0 amide bonds. The molecule has 4 nitrogen and oxygen atoms in total. The van der Waals surface area contributed by atoms with Gasteiger partial charge in [0.25, 0.3) is 0 Å². The Bertz CT molecular complexity index is 520. The molecule has 1 unspecified atom stereocenters. The summed E-state index contributed by atoms with van der Waals surface area (Å²) in [5, 5.41) is 0. The van der Waals surface area contributed by atoms with Crippen LogP contribution < -0.4 is 4.72 Å². The van der Waals surface area contributed by atoms with Gasteiger partial charge in [-0.2, -0.15) is 0 Å². The molecule has 0 radical (unpaired) electrons. The number of likely N-dealkylation sites (N-methyl/N-ethyl adjacent to an activating group) is 1. The van der Waals surface area contributed by atoms with Crippen molar-refractivity contribution in [3.05, 3.63) is 28.5 Å². The molecule has 0 aliphatic heterocycles. The lowest BCUT2D eigenvalue weighted by Gasteiger charge is -2.20. The molecule has 0 spiro atoms. The van der Waals surface area contributed by atoms with Crippen LogP contribution in [0.3, 0.4) is 0 Å². The van der Waals surface area contributed by atoms with Crippen LogP contribution in [-0.4, -0.2) is 40.0 Å². The summed E-state index contributed by atoms with van der Waals surface area (Å²) in [5.74, 6) is -0.769. The van der Waals surface area contributed by atoms with Crippen molar-refractivity contribution in [2.75, 3.05) is 20.6 Å². The quantitative estimate of drug-likeness (QED) is 0.890. The van der Waals surface area contributed by atoms with Crippen LogP contribution in [0.4, 0.5) is 4.39 Å². The molecule has 1 N–H and O–H groups in total. The van der Waals surface area contributed by atoms with Crippen molar-refractivity contribution >= 4 is 26.0 Å². The highest BCUT2D eigenvalue weighted by molar-refractivity contribution is 9.10. The van der Waals surface area contributed by atoms with E-state index in [1.54, 1.807) is 0 Å². The van der Waals surface area contributed by atoms with Crippen LogP contribution >= 0.6 is 15.9 Å². The van der Waals surface area contributed by atoms with E-state index in [0.29, 0.717) is 4.47 Å². The van der Waals surface area contributed by atoms with E-state index in [2.05, 4.69) is 20.7 Å². The maximum absolute atomic E-state index is 13.6. The Labute approximate surface area is 115 Å². The van der Waals surface area contributed by atoms with Crippen LogP contribution in [0.1, 0.15) is 6.92 Å². The number of rotatable bonds is 5. The highest BCUT2D eigenvalue weighted by Gasteiger charge is 2.20. The summed E-state index contributed by atoms with van der Waals surface area (Å²) in [6, 6.07) is 3.89. The summed E-state index contributed by atoms with van der Waals surface area (Å²) < 4.78 is 40.3. The van der Waals surface area contributed by atoms with Gasteiger partial charge in [0.15, 0.2) is 0 Å². The summed E-state index contributed by atoms with van der Waals surface area (Å²) in [6.45, 7) is 2.10. The van der Waals surface area contributed by atoms with Crippen molar-refractivity contribution < 1.29 is 12.8 Å². The highest BCUT2D eigenvalue weighted by atomic mass is 79.9. The first kappa shape index (κ1) is 15.6. The highest BCUT2D eigenvalue weighted by Crippen LogP contribution is 2.19. The van der Waals surface area contributed by atoms with Crippen LogP contribution in [-0.2, 0) is 10.0 Å². The Morgan fingerprint density at radius 1 is 1.44 bits per heavy atom. The first-order valence-electron chi connectivity index (χ1n) is 5.35. The number of halogens is 2. The average molecular weight is 339 g/mol. The van der Waals surface area contributed by atoms with E-state index >= 15 is 0 Å². The van der Waals surface area contributed by atoms with Gasteiger partial charge in [-0.25, -0.2) is 17.5 Å². The summed E-state index contributed by atoms with van der Waals surface area (Å²) in [7, 11) is -0.116. The SMILES string of the molecule is CC(CNS(=O)(=O)c1ccc(Br)cc1F)N(C)C. The zero-order chi connectivity index (χ0) is 13.9. The number of nitrogens with zero attached hydrogens (tertiary/aromatic N) is 1. The molecule has 0 saturated heterocycles. The van der Waals surface area contributed by atoms with Crippen molar-refractivity contribution in [1.29, 1.82) is 0 Å². The second-order valence-corrected chi connectivity index (χ2v) is 6.89. The minimum absolute atomic E-state index is 0.0262. The standard InChI is InChI=1S/C11H16BrFN2O2S/c1-8(15(2)3)7-14-18(16,17)11-5-4-9(12)6-10(11)13/h4-6,8,14H,7H2,1-3H3. The summed E-state index contributed by atoms with van der Waals surface area (Å²) in [4.78, 5) is 1.54. The molecule has 1 atom stereocenters. The molecule has 0 aromatic heterocycles. The second kappa shape index (κ2) is 6.10. The van der Waals surface area contributed by atoms with E-state index in [1.807, 2.05) is 25.9 Å². The Kier molecular flexibility index (Phi) is 5.27. The van der Waals surface area contributed by atoms with Crippen molar-refractivity contribution in [3.63, 3.8) is 0 Å². The Hall–Kier alpha value is -0.500.